The second kappa shape index (κ2) is 6.71. The molecule has 3 N–H and O–H groups in total. The van der Waals surface area contributed by atoms with Crippen LogP contribution in [0.4, 0.5) is 0 Å². The van der Waals surface area contributed by atoms with E-state index in [0.717, 1.165) is 26.2 Å². The van der Waals surface area contributed by atoms with Gasteiger partial charge in [0.2, 0.25) is 0 Å². The molecule has 0 aromatic carbocycles. The lowest BCUT2D eigenvalue weighted by atomic mass is 10.4. The fourth-order valence-corrected chi connectivity index (χ4v) is 1.67. The van der Waals surface area contributed by atoms with Gasteiger partial charge in [-0.25, -0.2) is 10.4 Å². The molecule has 0 bridgehead atoms. The van der Waals surface area contributed by atoms with Gasteiger partial charge in [-0.3, -0.25) is 15.8 Å². The van der Waals surface area contributed by atoms with E-state index in [1.165, 1.54) is 0 Å². The van der Waals surface area contributed by atoms with Crippen molar-refractivity contribution in [3.8, 4) is 0 Å². The molecule has 1 atom stereocenters. The van der Waals surface area contributed by atoms with Gasteiger partial charge in [0.25, 0.3) is 0 Å². The summed E-state index contributed by atoms with van der Waals surface area (Å²) in [6, 6.07) is 0. The van der Waals surface area contributed by atoms with Crippen LogP contribution in [-0.2, 0) is 0 Å². The summed E-state index contributed by atoms with van der Waals surface area (Å²) in [5.74, 6) is 0. The van der Waals surface area contributed by atoms with E-state index in [-0.39, 0.29) is 6.29 Å². The quantitative estimate of drug-likeness (QED) is 0.516. The van der Waals surface area contributed by atoms with Crippen molar-refractivity contribution in [2.24, 2.45) is 0 Å². The maximum Gasteiger partial charge on any atom is 0.142 e. The van der Waals surface area contributed by atoms with Gasteiger partial charge in [0, 0.05) is 26.2 Å². The SMILES string of the molecule is C=CCN(CC=C)C1NNCCN1NC. The third kappa shape index (κ3) is 3.40. The highest BCUT2D eigenvalue weighted by molar-refractivity contribution is 4.84. The number of nitrogens with zero attached hydrogens (tertiary/aromatic N) is 2. The van der Waals surface area contributed by atoms with Gasteiger partial charge in [0.1, 0.15) is 6.29 Å². The van der Waals surface area contributed by atoms with E-state index in [1.807, 2.05) is 19.2 Å². The van der Waals surface area contributed by atoms with Gasteiger partial charge >= 0.3 is 0 Å². The Kier molecular flexibility index (Phi) is 5.52. The summed E-state index contributed by atoms with van der Waals surface area (Å²) in [5, 5.41) is 2.14. The Labute approximate surface area is 91.7 Å². The van der Waals surface area contributed by atoms with Gasteiger partial charge in [0.15, 0.2) is 0 Å². The molecule has 0 aromatic rings. The molecule has 1 aliphatic heterocycles. The van der Waals surface area contributed by atoms with E-state index in [1.54, 1.807) is 0 Å². The van der Waals surface area contributed by atoms with E-state index in [0.29, 0.717) is 0 Å². The van der Waals surface area contributed by atoms with Crippen LogP contribution in [0.25, 0.3) is 0 Å². The van der Waals surface area contributed by atoms with Gasteiger partial charge < -0.3 is 0 Å². The van der Waals surface area contributed by atoms with E-state index >= 15 is 0 Å². The Bertz CT molecular complexity index is 196. The van der Waals surface area contributed by atoms with Gasteiger partial charge in [-0.15, -0.1) is 13.2 Å². The summed E-state index contributed by atoms with van der Waals surface area (Å²) in [4.78, 5) is 2.22. The van der Waals surface area contributed by atoms with Gasteiger partial charge in [-0.1, -0.05) is 12.2 Å². The van der Waals surface area contributed by atoms with Gasteiger partial charge in [-0.2, -0.15) is 0 Å². The van der Waals surface area contributed by atoms with Crippen LogP contribution in [0.3, 0.4) is 0 Å². The summed E-state index contributed by atoms with van der Waals surface area (Å²) >= 11 is 0. The molecule has 0 saturated carbocycles. The first-order chi connectivity index (χ1) is 7.33. The molecule has 86 valence electrons. The molecule has 1 saturated heterocycles. The lowest BCUT2D eigenvalue weighted by molar-refractivity contribution is -0.0316. The maximum absolute atomic E-state index is 3.77. The molecule has 15 heavy (non-hydrogen) atoms. The summed E-state index contributed by atoms with van der Waals surface area (Å²) in [7, 11) is 1.93. The molecule has 0 aliphatic carbocycles. The number of hydrazine groups is 2. The standard InChI is InChI=1S/C10H21N5/c1-4-7-14(8-5-2)10-13-12-6-9-15(10)11-3/h4-5,10-13H,1-2,6-9H2,3H3. The Morgan fingerprint density at radius 2 is 2.13 bits per heavy atom. The van der Waals surface area contributed by atoms with E-state index in [9.17, 15) is 0 Å². The van der Waals surface area contributed by atoms with Crippen LogP contribution in [0.5, 0.6) is 0 Å². The number of hydrogen-bond donors (Lipinski definition) is 3. The Morgan fingerprint density at radius 3 is 2.67 bits per heavy atom. The number of rotatable bonds is 6. The zero-order chi connectivity index (χ0) is 11.1. The molecule has 1 rings (SSSR count). The van der Waals surface area contributed by atoms with Crippen LogP contribution in [0.1, 0.15) is 0 Å². The molecular weight excluding hydrogens is 190 g/mol. The fraction of sp³-hybridized carbons (Fsp3) is 0.600. The van der Waals surface area contributed by atoms with E-state index in [2.05, 4.69) is 39.3 Å². The summed E-state index contributed by atoms with van der Waals surface area (Å²) in [6.07, 6.45) is 3.92. The average molecular weight is 211 g/mol. The first-order valence-electron chi connectivity index (χ1n) is 5.21. The zero-order valence-electron chi connectivity index (χ0n) is 9.37. The van der Waals surface area contributed by atoms with Crippen molar-refractivity contribution in [3.63, 3.8) is 0 Å². The van der Waals surface area contributed by atoms with Gasteiger partial charge in [-0.05, 0) is 7.05 Å². The Balaban J connectivity index is 2.60. The van der Waals surface area contributed by atoms with Crippen LogP contribution in [0.2, 0.25) is 0 Å². The van der Waals surface area contributed by atoms with Crippen LogP contribution in [-0.4, -0.2) is 49.4 Å². The zero-order valence-corrected chi connectivity index (χ0v) is 9.37. The minimum absolute atomic E-state index is 0.125. The topological polar surface area (TPSA) is 42.6 Å². The highest BCUT2D eigenvalue weighted by atomic mass is 15.7. The molecule has 1 aliphatic rings. The highest BCUT2D eigenvalue weighted by Crippen LogP contribution is 2.03. The fourth-order valence-electron chi connectivity index (χ4n) is 1.67. The summed E-state index contributed by atoms with van der Waals surface area (Å²) in [6.45, 7) is 11.1. The smallest absolute Gasteiger partial charge is 0.142 e. The minimum Gasteiger partial charge on any atom is -0.266 e. The lowest BCUT2D eigenvalue weighted by Gasteiger charge is -2.41. The van der Waals surface area contributed by atoms with Crippen molar-refractivity contribution in [1.82, 2.24) is 26.2 Å². The third-order valence-electron chi connectivity index (χ3n) is 2.36. The van der Waals surface area contributed by atoms with Crippen LogP contribution >= 0.6 is 0 Å². The lowest BCUT2D eigenvalue weighted by Crippen LogP contribution is -2.68. The molecule has 0 radical (unpaired) electrons. The molecule has 0 aromatic heterocycles. The van der Waals surface area contributed by atoms with E-state index in [4.69, 9.17) is 0 Å². The van der Waals surface area contributed by atoms with Crippen LogP contribution in [0.15, 0.2) is 25.3 Å². The molecule has 5 heteroatoms. The Morgan fingerprint density at radius 1 is 1.47 bits per heavy atom. The molecule has 5 nitrogen and oxygen atoms in total. The molecule has 1 heterocycles. The third-order valence-corrected chi connectivity index (χ3v) is 2.36. The van der Waals surface area contributed by atoms with Crippen molar-refractivity contribution < 1.29 is 0 Å². The second-order valence-corrected chi connectivity index (χ2v) is 3.39. The van der Waals surface area contributed by atoms with Crippen molar-refractivity contribution in [2.75, 3.05) is 33.2 Å². The monoisotopic (exact) mass is 211 g/mol. The van der Waals surface area contributed by atoms with Crippen molar-refractivity contribution in [1.29, 1.82) is 0 Å². The maximum atomic E-state index is 3.77. The van der Waals surface area contributed by atoms with Crippen molar-refractivity contribution in [3.05, 3.63) is 25.3 Å². The molecule has 0 amide bonds. The van der Waals surface area contributed by atoms with Crippen LogP contribution in [0, 0.1) is 0 Å². The van der Waals surface area contributed by atoms with Gasteiger partial charge in [0.05, 0.1) is 0 Å². The predicted octanol–water partition coefficient (Wildman–Crippen LogP) is -0.512. The molecule has 1 fully saturated rings. The largest absolute Gasteiger partial charge is 0.266 e. The number of nitrogens with one attached hydrogen (secondary N) is 3. The summed E-state index contributed by atoms with van der Waals surface area (Å²) < 4.78 is 0. The Hall–Kier alpha value is -0.720. The minimum atomic E-state index is 0.125. The second-order valence-electron chi connectivity index (χ2n) is 3.39. The predicted molar refractivity (Wildman–Crippen MR) is 62.7 cm³/mol. The van der Waals surface area contributed by atoms with Crippen molar-refractivity contribution in [2.45, 2.75) is 6.29 Å². The van der Waals surface area contributed by atoms with Crippen molar-refractivity contribution >= 4 is 0 Å². The highest BCUT2D eigenvalue weighted by Gasteiger charge is 2.25. The summed E-state index contributed by atoms with van der Waals surface area (Å²) in [5.41, 5.74) is 9.56. The first-order valence-corrected chi connectivity index (χ1v) is 5.21. The van der Waals surface area contributed by atoms with Crippen LogP contribution < -0.4 is 16.3 Å². The molecule has 0 spiro atoms. The molecule has 1 unspecified atom stereocenters. The molecular formula is C10H21N5. The van der Waals surface area contributed by atoms with E-state index < -0.39 is 0 Å². The first kappa shape index (κ1) is 12.4. The average Bonchev–Trinajstić information content (AvgIpc) is 2.29. The number of hydrogen-bond acceptors (Lipinski definition) is 5. The normalized spacial score (nSPS) is 22.9.